The third-order valence-corrected chi connectivity index (χ3v) is 3.66. The number of carbonyl (C=O) groups is 1. The molecule has 1 amide bonds. The second-order valence-electron chi connectivity index (χ2n) is 5.20. The number of nitrogens with zero attached hydrogens (tertiary/aromatic N) is 2. The van der Waals surface area contributed by atoms with Gasteiger partial charge in [0.25, 0.3) is 0 Å². The maximum Gasteiger partial charge on any atom is 0.237 e. The van der Waals surface area contributed by atoms with Gasteiger partial charge in [0.2, 0.25) is 5.91 Å². The summed E-state index contributed by atoms with van der Waals surface area (Å²) in [6.45, 7) is 3.61. The van der Waals surface area contributed by atoms with Crippen LogP contribution in [0.3, 0.4) is 0 Å². The van der Waals surface area contributed by atoms with E-state index < -0.39 is 0 Å². The second-order valence-corrected chi connectivity index (χ2v) is 5.20. The van der Waals surface area contributed by atoms with E-state index in [0.29, 0.717) is 6.54 Å². The molecule has 5 heteroatoms. The van der Waals surface area contributed by atoms with Crippen LogP contribution in [0.1, 0.15) is 43.9 Å². The first-order chi connectivity index (χ1) is 9.20. The van der Waals surface area contributed by atoms with Crippen LogP contribution in [0.15, 0.2) is 6.20 Å². The first kappa shape index (κ1) is 14.1. The van der Waals surface area contributed by atoms with Gasteiger partial charge in [0.15, 0.2) is 0 Å². The summed E-state index contributed by atoms with van der Waals surface area (Å²) in [5.41, 5.74) is 2.18. The second kappa shape index (κ2) is 6.70. The number of hydrogen-bond donors (Lipinski definition) is 2. The molecule has 1 aromatic rings. The lowest BCUT2D eigenvalue weighted by atomic mass is 10.1. The van der Waals surface area contributed by atoms with Gasteiger partial charge < -0.3 is 10.6 Å². The van der Waals surface area contributed by atoms with Gasteiger partial charge in [-0.05, 0) is 25.8 Å². The molecule has 5 nitrogen and oxygen atoms in total. The average molecular weight is 264 g/mol. The molecule has 1 saturated heterocycles. The molecule has 0 aliphatic carbocycles. The lowest BCUT2D eigenvalue weighted by Gasteiger charge is -2.15. The number of aromatic nitrogens is 2. The zero-order valence-electron chi connectivity index (χ0n) is 11.9. The Labute approximate surface area is 114 Å². The molecule has 2 heterocycles. The Morgan fingerprint density at radius 3 is 3.16 bits per heavy atom. The summed E-state index contributed by atoms with van der Waals surface area (Å²) in [6.07, 6.45) is 7.36. The van der Waals surface area contributed by atoms with Crippen molar-refractivity contribution >= 4 is 5.91 Å². The SMILES string of the molecule is CCc1nn(C)cc1CNC(=O)C1CCCCCN1. The quantitative estimate of drug-likeness (QED) is 0.857. The molecular weight excluding hydrogens is 240 g/mol. The summed E-state index contributed by atoms with van der Waals surface area (Å²) < 4.78 is 1.81. The van der Waals surface area contributed by atoms with Crippen molar-refractivity contribution in [2.45, 2.75) is 51.6 Å². The van der Waals surface area contributed by atoms with E-state index in [1.165, 1.54) is 12.8 Å². The van der Waals surface area contributed by atoms with Crippen LogP contribution in [-0.4, -0.2) is 28.3 Å². The minimum atomic E-state index is -0.0238. The van der Waals surface area contributed by atoms with Crippen molar-refractivity contribution in [3.05, 3.63) is 17.5 Å². The number of amides is 1. The Morgan fingerprint density at radius 1 is 1.53 bits per heavy atom. The molecule has 0 spiro atoms. The summed E-state index contributed by atoms with van der Waals surface area (Å²) in [7, 11) is 1.91. The average Bonchev–Trinajstić information content (AvgIpc) is 2.62. The van der Waals surface area contributed by atoms with Crippen molar-refractivity contribution in [3.63, 3.8) is 0 Å². The summed E-state index contributed by atoms with van der Waals surface area (Å²) >= 11 is 0. The highest BCUT2D eigenvalue weighted by molar-refractivity contribution is 5.81. The van der Waals surface area contributed by atoms with Crippen molar-refractivity contribution in [3.8, 4) is 0 Å². The normalized spacial score (nSPS) is 20.0. The third-order valence-electron chi connectivity index (χ3n) is 3.66. The summed E-state index contributed by atoms with van der Waals surface area (Å²) in [4.78, 5) is 12.1. The largest absolute Gasteiger partial charge is 0.351 e. The molecule has 1 atom stereocenters. The topological polar surface area (TPSA) is 59.0 Å². The number of rotatable bonds is 4. The van der Waals surface area contributed by atoms with Gasteiger partial charge in [0.05, 0.1) is 11.7 Å². The van der Waals surface area contributed by atoms with E-state index in [2.05, 4.69) is 22.7 Å². The zero-order chi connectivity index (χ0) is 13.7. The molecule has 0 radical (unpaired) electrons. The first-order valence-electron chi connectivity index (χ1n) is 7.23. The van der Waals surface area contributed by atoms with E-state index in [-0.39, 0.29) is 11.9 Å². The van der Waals surface area contributed by atoms with E-state index in [4.69, 9.17) is 0 Å². The van der Waals surface area contributed by atoms with Crippen molar-refractivity contribution < 1.29 is 4.79 Å². The number of carbonyl (C=O) groups excluding carboxylic acids is 1. The first-order valence-corrected chi connectivity index (χ1v) is 7.23. The summed E-state index contributed by atoms with van der Waals surface area (Å²) in [5, 5.41) is 10.7. The van der Waals surface area contributed by atoms with Gasteiger partial charge >= 0.3 is 0 Å². The minimum absolute atomic E-state index is 0.0238. The minimum Gasteiger partial charge on any atom is -0.351 e. The smallest absolute Gasteiger partial charge is 0.237 e. The Morgan fingerprint density at radius 2 is 2.37 bits per heavy atom. The molecule has 1 aliphatic heterocycles. The standard InChI is InChI=1S/C14H24N4O/c1-3-12-11(10-18(2)17-12)9-16-14(19)13-7-5-4-6-8-15-13/h10,13,15H,3-9H2,1-2H3,(H,16,19). The van der Waals surface area contributed by atoms with Crippen LogP contribution in [-0.2, 0) is 24.8 Å². The van der Waals surface area contributed by atoms with Crippen LogP contribution in [0.2, 0.25) is 0 Å². The fraction of sp³-hybridized carbons (Fsp3) is 0.714. The van der Waals surface area contributed by atoms with Gasteiger partial charge in [-0.2, -0.15) is 5.10 Å². The molecule has 1 aromatic heterocycles. The molecule has 0 saturated carbocycles. The number of nitrogens with one attached hydrogen (secondary N) is 2. The van der Waals surface area contributed by atoms with Crippen LogP contribution in [0.25, 0.3) is 0 Å². The monoisotopic (exact) mass is 264 g/mol. The van der Waals surface area contributed by atoms with Crippen molar-refractivity contribution in [1.82, 2.24) is 20.4 Å². The predicted octanol–water partition coefficient (Wildman–Crippen LogP) is 1.13. The maximum absolute atomic E-state index is 12.1. The number of hydrogen-bond acceptors (Lipinski definition) is 3. The molecule has 1 unspecified atom stereocenters. The molecule has 1 fully saturated rings. The Balaban J connectivity index is 1.88. The molecule has 19 heavy (non-hydrogen) atoms. The van der Waals surface area contributed by atoms with Crippen LogP contribution >= 0.6 is 0 Å². The highest BCUT2D eigenvalue weighted by Crippen LogP contribution is 2.10. The van der Waals surface area contributed by atoms with E-state index in [1.54, 1.807) is 0 Å². The predicted molar refractivity (Wildman–Crippen MR) is 74.7 cm³/mol. The molecule has 106 valence electrons. The van der Waals surface area contributed by atoms with Gasteiger partial charge in [-0.3, -0.25) is 9.48 Å². The van der Waals surface area contributed by atoms with E-state index in [0.717, 1.165) is 37.1 Å². The van der Waals surface area contributed by atoms with E-state index in [1.807, 2.05) is 17.9 Å². The Hall–Kier alpha value is -1.36. The van der Waals surface area contributed by atoms with Crippen LogP contribution in [0.4, 0.5) is 0 Å². The molecule has 2 N–H and O–H groups in total. The van der Waals surface area contributed by atoms with Gasteiger partial charge in [0, 0.05) is 25.4 Å². The fourth-order valence-corrected chi connectivity index (χ4v) is 2.59. The van der Waals surface area contributed by atoms with E-state index >= 15 is 0 Å². The summed E-state index contributed by atoms with van der Waals surface area (Å²) in [6, 6.07) is -0.0238. The lowest BCUT2D eigenvalue weighted by Crippen LogP contribution is -2.43. The molecular formula is C14H24N4O. The van der Waals surface area contributed by atoms with E-state index in [9.17, 15) is 4.79 Å². The highest BCUT2D eigenvalue weighted by atomic mass is 16.2. The van der Waals surface area contributed by atoms with Crippen molar-refractivity contribution in [2.75, 3.05) is 6.54 Å². The maximum atomic E-state index is 12.1. The summed E-state index contributed by atoms with van der Waals surface area (Å²) in [5.74, 6) is 0.118. The third kappa shape index (κ3) is 3.80. The number of aryl methyl sites for hydroxylation is 2. The lowest BCUT2D eigenvalue weighted by molar-refractivity contribution is -0.123. The fourth-order valence-electron chi connectivity index (χ4n) is 2.59. The van der Waals surface area contributed by atoms with Crippen molar-refractivity contribution in [1.29, 1.82) is 0 Å². The van der Waals surface area contributed by atoms with Gasteiger partial charge in [-0.1, -0.05) is 19.8 Å². The van der Waals surface area contributed by atoms with Crippen LogP contribution in [0.5, 0.6) is 0 Å². The molecule has 1 aliphatic rings. The highest BCUT2D eigenvalue weighted by Gasteiger charge is 2.19. The van der Waals surface area contributed by atoms with Crippen LogP contribution in [0, 0.1) is 0 Å². The zero-order valence-corrected chi connectivity index (χ0v) is 11.9. The Bertz CT molecular complexity index is 419. The van der Waals surface area contributed by atoms with Crippen molar-refractivity contribution in [2.24, 2.45) is 7.05 Å². The van der Waals surface area contributed by atoms with Gasteiger partial charge in [-0.25, -0.2) is 0 Å². The molecule has 0 bridgehead atoms. The Kier molecular flexibility index (Phi) is 4.96. The van der Waals surface area contributed by atoms with Crippen LogP contribution < -0.4 is 10.6 Å². The van der Waals surface area contributed by atoms with Gasteiger partial charge in [0.1, 0.15) is 0 Å². The molecule has 0 aromatic carbocycles. The molecule has 2 rings (SSSR count). The van der Waals surface area contributed by atoms with Gasteiger partial charge in [-0.15, -0.1) is 0 Å².